The van der Waals surface area contributed by atoms with Crippen molar-refractivity contribution in [1.82, 2.24) is 25.2 Å². The Morgan fingerprint density at radius 2 is 1.76 bits per heavy atom. The summed E-state index contributed by atoms with van der Waals surface area (Å²) < 4.78 is 52.9. The van der Waals surface area contributed by atoms with E-state index in [4.69, 9.17) is 9.47 Å². The topological polar surface area (TPSA) is 181 Å². The number of fused-ring (bicyclic) bond motifs is 1. The Balaban J connectivity index is 1.38. The molecule has 0 aromatic heterocycles. The Morgan fingerprint density at radius 1 is 1.08 bits per heavy atom. The first kappa shape index (κ1) is 37.1. The van der Waals surface area contributed by atoms with Crippen LogP contribution in [0.2, 0.25) is 0 Å². The van der Waals surface area contributed by atoms with E-state index in [1.54, 1.807) is 53.7 Å². The third-order valence-electron chi connectivity index (χ3n) is 9.32. The molecule has 2 aliphatic heterocycles. The van der Waals surface area contributed by atoms with Crippen LogP contribution in [0.5, 0.6) is 0 Å². The molecule has 5 amide bonds. The van der Waals surface area contributed by atoms with Crippen molar-refractivity contribution in [1.29, 1.82) is 0 Å². The summed E-state index contributed by atoms with van der Waals surface area (Å²) >= 11 is 0. The summed E-state index contributed by atoms with van der Waals surface area (Å²) in [5.74, 6) is -3.36. The quantitative estimate of drug-likeness (QED) is 0.324. The van der Waals surface area contributed by atoms with Crippen LogP contribution < -0.4 is 15.4 Å². The predicted octanol–water partition coefficient (Wildman–Crippen LogP) is 2.86. The summed E-state index contributed by atoms with van der Waals surface area (Å²) in [5, 5.41) is 4.64. The highest BCUT2D eigenvalue weighted by Gasteiger charge is 2.62. The van der Waals surface area contributed by atoms with Gasteiger partial charge in [0.15, 0.2) is 0 Å². The number of halogens is 1. The minimum absolute atomic E-state index is 0.0175. The van der Waals surface area contributed by atoms with Crippen molar-refractivity contribution in [3.05, 3.63) is 47.8 Å². The van der Waals surface area contributed by atoms with Gasteiger partial charge in [-0.15, -0.1) is 6.58 Å². The molecule has 5 rings (SSSR count). The molecule has 5 atom stereocenters. The lowest BCUT2D eigenvalue weighted by atomic mass is 9.85. The lowest BCUT2D eigenvalue weighted by molar-refractivity contribution is -0.143. The van der Waals surface area contributed by atoms with E-state index in [1.807, 2.05) is 0 Å². The van der Waals surface area contributed by atoms with Crippen molar-refractivity contribution in [2.75, 3.05) is 6.54 Å². The third-order valence-corrected chi connectivity index (χ3v) is 11.1. The monoisotopic (exact) mass is 719 g/mol. The molecule has 4 aliphatic rings. The van der Waals surface area contributed by atoms with E-state index in [0.29, 0.717) is 24.0 Å². The number of benzene rings is 1. The summed E-state index contributed by atoms with van der Waals surface area (Å²) in [5.41, 5.74) is -2.35. The largest absolute Gasteiger partial charge is 0.444 e. The van der Waals surface area contributed by atoms with Crippen molar-refractivity contribution in [2.45, 2.75) is 115 Å². The molecule has 2 aliphatic carbocycles. The summed E-state index contributed by atoms with van der Waals surface area (Å²) in [6.45, 7) is 13.7. The van der Waals surface area contributed by atoms with Crippen LogP contribution in [-0.2, 0) is 47.0 Å². The molecule has 3 N–H and O–H groups in total. The molecule has 2 heterocycles. The van der Waals surface area contributed by atoms with Gasteiger partial charge in [-0.2, -0.15) is 0 Å². The Morgan fingerprint density at radius 3 is 2.32 bits per heavy atom. The molecule has 0 spiro atoms. The second kappa shape index (κ2) is 13.2. The first-order chi connectivity index (χ1) is 23.1. The van der Waals surface area contributed by atoms with Crippen molar-refractivity contribution < 1.29 is 46.3 Å². The molecule has 2 saturated carbocycles. The van der Waals surface area contributed by atoms with Crippen molar-refractivity contribution in [2.24, 2.45) is 11.3 Å². The molecule has 14 nitrogen and oxygen atoms in total. The van der Waals surface area contributed by atoms with Crippen LogP contribution in [0.1, 0.15) is 78.4 Å². The highest BCUT2D eigenvalue weighted by molar-refractivity contribution is 7.91. The van der Waals surface area contributed by atoms with Crippen molar-refractivity contribution in [3.8, 4) is 0 Å². The number of carbonyl (C=O) groups excluding carboxylic acids is 5. The fourth-order valence-electron chi connectivity index (χ4n) is 6.36. The summed E-state index contributed by atoms with van der Waals surface area (Å²) in [7, 11) is -3.93. The zero-order valence-electron chi connectivity index (χ0n) is 29.2. The van der Waals surface area contributed by atoms with E-state index in [0.717, 1.165) is 0 Å². The number of ether oxygens (including phenoxy) is 2. The molecule has 1 aromatic rings. The maximum Gasteiger partial charge on any atom is 0.410 e. The van der Waals surface area contributed by atoms with Gasteiger partial charge >= 0.3 is 12.2 Å². The molecule has 0 radical (unpaired) electrons. The van der Waals surface area contributed by atoms with E-state index in [1.165, 1.54) is 21.9 Å². The lowest BCUT2D eigenvalue weighted by Gasteiger charge is -2.36. The van der Waals surface area contributed by atoms with Gasteiger partial charge in [0.1, 0.15) is 35.1 Å². The number of rotatable bonds is 9. The van der Waals surface area contributed by atoms with E-state index < -0.39 is 91.7 Å². The molecule has 3 fully saturated rings. The van der Waals surface area contributed by atoms with Crippen LogP contribution in [0, 0.1) is 17.2 Å². The van der Waals surface area contributed by atoms with Gasteiger partial charge in [0.2, 0.25) is 21.8 Å². The van der Waals surface area contributed by atoms with Crippen LogP contribution in [0.25, 0.3) is 0 Å². The summed E-state index contributed by atoms with van der Waals surface area (Å²) in [4.78, 5) is 70.4. The van der Waals surface area contributed by atoms with Gasteiger partial charge in [-0.1, -0.05) is 39.0 Å². The number of nitrogens with one attached hydrogen (secondary N) is 3. The molecular weight excluding hydrogens is 673 g/mol. The number of nitrogens with zero attached hydrogens (tertiary/aromatic N) is 2. The summed E-state index contributed by atoms with van der Waals surface area (Å²) in [6.07, 6.45) is -0.394. The van der Waals surface area contributed by atoms with Crippen LogP contribution >= 0.6 is 0 Å². The number of sulfonamides is 1. The maximum absolute atomic E-state index is 14.4. The van der Waals surface area contributed by atoms with Crippen molar-refractivity contribution >= 4 is 39.9 Å². The zero-order chi connectivity index (χ0) is 37.0. The Labute approximate surface area is 291 Å². The minimum Gasteiger partial charge on any atom is -0.444 e. The lowest BCUT2D eigenvalue weighted by Crippen LogP contribution is -2.60. The first-order valence-electron chi connectivity index (χ1n) is 16.7. The number of alkyl carbamates (subject to hydrolysis) is 1. The molecule has 16 heteroatoms. The second-order valence-electron chi connectivity index (χ2n) is 15.6. The van der Waals surface area contributed by atoms with Gasteiger partial charge in [-0.25, -0.2) is 22.4 Å². The maximum atomic E-state index is 14.4. The average molecular weight is 720 g/mol. The highest BCUT2D eigenvalue weighted by Crippen LogP contribution is 2.45. The van der Waals surface area contributed by atoms with E-state index >= 15 is 0 Å². The zero-order valence-corrected chi connectivity index (χ0v) is 30.0. The normalized spacial score (nSPS) is 25.2. The molecule has 0 bridgehead atoms. The predicted molar refractivity (Wildman–Crippen MR) is 178 cm³/mol. The van der Waals surface area contributed by atoms with Gasteiger partial charge in [0.25, 0.3) is 5.91 Å². The molecule has 50 heavy (non-hydrogen) atoms. The van der Waals surface area contributed by atoms with Crippen LogP contribution in [-0.4, -0.2) is 89.2 Å². The smallest absolute Gasteiger partial charge is 0.410 e. The number of carbonyl (C=O) groups is 5. The van der Waals surface area contributed by atoms with E-state index in [9.17, 15) is 36.8 Å². The van der Waals surface area contributed by atoms with E-state index in [-0.39, 0.29) is 32.5 Å². The van der Waals surface area contributed by atoms with Crippen molar-refractivity contribution in [3.63, 3.8) is 0 Å². The average Bonchev–Trinajstić information content (AvgIpc) is 3.89. The number of likely N-dealkylation sites (tertiary alicyclic amines) is 1. The van der Waals surface area contributed by atoms with E-state index in [2.05, 4.69) is 21.9 Å². The van der Waals surface area contributed by atoms with Gasteiger partial charge in [0.05, 0.1) is 18.3 Å². The van der Waals surface area contributed by atoms with Gasteiger partial charge in [-0.05, 0) is 57.1 Å². The number of hydrogen-bond acceptors (Lipinski definition) is 9. The Hall–Kier alpha value is -4.21. The summed E-state index contributed by atoms with van der Waals surface area (Å²) in [6, 6.07) is 2.09. The molecule has 1 aromatic carbocycles. The fourth-order valence-corrected chi connectivity index (χ4v) is 7.72. The molecule has 0 unspecified atom stereocenters. The Bertz CT molecular complexity index is 1700. The molecule has 1 saturated heterocycles. The van der Waals surface area contributed by atoms with Gasteiger partial charge < -0.3 is 25.0 Å². The van der Waals surface area contributed by atoms with Gasteiger partial charge in [-0.3, -0.25) is 24.0 Å². The Kier molecular flexibility index (Phi) is 9.75. The fraction of sp³-hybridized carbons (Fsp3) is 0.618. The van der Waals surface area contributed by atoms with Gasteiger partial charge in [0, 0.05) is 24.4 Å². The standard InChI is InChI=1S/C34H46FN5O9S/c1-8-20-15-34(20,29(43)38-50(46,47)22-12-13-22)37-27(41)25-14-21(48-31(45)39-16-19-10-9-11-24(35)23(19)18-39)17-40(25)28(42)26(32(2,3)4)36-30(44)49-33(5,6)7/h8-11,20-22,25-26H,1,12-18H2,2-7H3,(H,36,44)(H,37,41)(H,38,43)/t20-,21-,25+,26-,34+/m1/s1. The number of amides is 5. The molecule has 274 valence electrons. The van der Waals surface area contributed by atoms with Crippen LogP contribution in [0.15, 0.2) is 30.9 Å². The second-order valence-corrected chi connectivity index (χ2v) is 17.6. The SMILES string of the molecule is C=C[C@@H]1C[C@@]1(NC(=O)[C@@H]1C[C@@H](OC(=O)N2Cc3cccc(F)c3C2)CN1C(=O)[C@@H](NC(=O)OC(C)(C)C)C(C)(C)C)C(=O)NS(=O)(=O)C1CC1. The highest BCUT2D eigenvalue weighted by atomic mass is 32.2. The molecular formula is C34H46FN5O9S. The van der Waals surface area contributed by atoms with Crippen LogP contribution in [0.3, 0.4) is 0 Å². The van der Waals surface area contributed by atoms with Crippen LogP contribution in [0.4, 0.5) is 14.0 Å². The first-order valence-corrected chi connectivity index (χ1v) is 18.2. The number of hydrogen-bond donors (Lipinski definition) is 3. The third kappa shape index (κ3) is 7.89. The minimum atomic E-state index is -3.93.